The van der Waals surface area contributed by atoms with Crippen LogP contribution in [0.5, 0.6) is 0 Å². The van der Waals surface area contributed by atoms with E-state index in [2.05, 4.69) is 5.32 Å². The van der Waals surface area contributed by atoms with Crippen molar-refractivity contribution in [1.82, 2.24) is 0 Å². The lowest BCUT2D eigenvalue weighted by molar-refractivity contribution is -0.114. The fourth-order valence-electron chi connectivity index (χ4n) is 2.70. The molecule has 1 N–H and O–H groups in total. The first-order chi connectivity index (χ1) is 14.6. The molecule has 0 unspecified atom stereocenters. The molecule has 3 aromatic rings. The third-order valence-corrected chi connectivity index (χ3v) is 6.82. The summed E-state index contributed by atoms with van der Waals surface area (Å²) in [5.41, 5.74) is 0.942. The lowest BCUT2D eigenvalue weighted by Crippen LogP contribution is -2.38. The smallest absolute Gasteiger partial charge is 0.264 e. The number of sulfonamides is 1. The van der Waals surface area contributed by atoms with Crippen LogP contribution in [0.15, 0.2) is 65.6 Å². The van der Waals surface area contributed by atoms with Crippen LogP contribution in [-0.2, 0) is 14.8 Å². The van der Waals surface area contributed by atoms with Gasteiger partial charge in [-0.15, -0.1) is 0 Å². The minimum atomic E-state index is -4.17. The van der Waals surface area contributed by atoms with Crippen LogP contribution in [0.1, 0.15) is 5.56 Å². The molecule has 0 aromatic heterocycles. The largest absolute Gasteiger partial charge is 0.324 e. The average molecular weight is 485 g/mol. The van der Waals surface area contributed by atoms with Crippen molar-refractivity contribution in [3.63, 3.8) is 0 Å². The third kappa shape index (κ3) is 5.33. The monoisotopic (exact) mass is 484 g/mol. The number of nitrogens with zero attached hydrogens (tertiary/aromatic N) is 1. The van der Waals surface area contributed by atoms with Crippen LogP contribution in [0, 0.1) is 18.6 Å². The standard InChI is InChI=1S/C21H16Cl2F2N2O3S/c1-13-2-6-16(7-3-13)31(29,30)27(15-5-8-17(22)18(23)11-15)12-21(28)26-14-4-9-19(24)20(25)10-14/h2-11H,12H2,1H3,(H,26,28). The van der Waals surface area contributed by atoms with Gasteiger partial charge in [-0.1, -0.05) is 40.9 Å². The summed E-state index contributed by atoms with van der Waals surface area (Å²) in [7, 11) is -4.17. The molecular formula is C21H16Cl2F2N2O3S. The number of benzene rings is 3. The fourth-order valence-corrected chi connectivity index (χ4v) is 4.40. The molecule has 0 radical (unpaired) electrons. The second kappa shape index (κ2) is 9.21. The SMILES string of the molecule is Cc1ccc(S(=O)(=O)N(CC(=O)Nc2ccc(F)c(F)c2)c2ccc(Cl)c(Cl)c2)cc1. The van der Waals surface area contributed by atoms with Crippen molar-refractivity contribution in [2.45, 2.75) is 11.8 Å². The molecular weight excluding hydrogens is 469 g/mol. The third-order valence-electron chi connectivity index (χ3n) is 4.29. The van der Waals surface area contributed by atoms with Crippen molar-refractivity contribution in [3.05, 3.63) is 87.9 Å². The molecule has 0 aliphatic rings. The molecule has 3 rings (SSSR count). The number of nitrogens with one attached hydrogen (secondary N) is 1. The summed E-state index contributed by atoms with van der Waals surface area (Å²) in [6, 6.07) is 13.0. The lowest BCUT2D eigenvalue weighted by Gasteiger charge is -2.24. The quantitative estimate of drug-likeness (QED) is 0.508. The van der Waals surface area contributed by atoms with Gasteiger partial charge in [0.05, 0.1) is 20.6 Å². The Kier molecular flexibility index (Phi) is 6.83. The molecule has 31 heavy (non-hydrogen) atoms. The van der Waals surface area contributed by atoms with Crippen LogP contribution in [0.4, 0.5) is 20.2 Å². The van der Waals surface area contributed by atoms with E-state index in [-0.39, 0.29) is 26.3 Å². The molecule has 0 bridgehead atoms. The Morgan fingerprint density at radius 2 is 1.61 bits per heavy atom. The molecule has 0 fully saturated rings. The maximum atomic E-state index is 13.4. The number of carbonyl (C=O) groups excluding carboxylic acids is 1. The summed E-state index contributed by atoms with van der Waals surface area (Å²) in [4.78, 5) is 12.5. The van der Waals surface area contributed by atoms with Gasteiger partial charge in [0, 0.05) is 11.8 Å². The van der Waals surface area contributed by atoms with Crippen LogP contribution in [-0.4, -0.2) is 20.9 Å². The van der Waals surface area contributed by atoms with Gasteiger partial charge in [-0.3, -0.25) is 9.10 Å². The van der Waals surface area contributed by atoms with Crippen molar-refractivity contribution in [3.8, 4) is 0 Å². The highest BCUT2D eigenvalue weighted by Gasteiger charge is 2.28. The fraction of sp³-hybridized carbons (Fsp3) is 0.0952. The van der Waals surface area contributed by atoms with Gasteiger partial charge in [-0.25, -0.2) is 17.2 Å². The molecule has 3 aromatic carbocycles. The predicted octanol–water partition coefficient (Wildman–Crippen LogP) is 5.41. The minimum Gasteiger partial charge on any atom is -0.324 e. The van der Waals surface area contributed by atoms with Crippen LogP contribution >= 0.6 is 23.2 Å². The van der Waals surface area contributed by atoms with Gasteiger partial charge < -0.3 is 5.32 Å². The molecule has 0 atom stereocenters. The molecule has 0 spiro atoms. The zero-order valence-electron chi connectivity index (χ0n) is 16.1. The van der Waals surface area contributed by atoms with Crippen LogP contribution in [0.2, 0.25) is 10.0 Å². The molecule has 0 aliphatic carbocycles. The minimum absolute atomic E-state index is 0.0225. The van der Waals surface area contributed by atoms with Gasteiger partial charge in [0.1, 0.15) is 6.54 Å². The van der Waals surface area contributed by atoms with E-state index in [1.54, 1.807) is 12.1 Å². The van der Waals surface area contributed by atoms with E-state index in [9.17, 15) is 22.0 Å². The van der Waals surface area contributed by atoms with Gasteiger partial charge in [0.25, 0.3) is 10.0 Å². The zero-order valence-corrected chi connectivity index (χ0v) is 18.4. The van der Waals surface area contributed by atoms with Gasteiger partial charge in [0.2, 0.25) is 5.91 Å². The lowest BCUT2D eigenvalue weighted by atomic mass is 10.2. The number of halogens is 4. The molecule has 0 aliphatic heterocycles. The molecule has 1 amide bonds. The topological polar surface area (TPSA) is 66.5 Å². The highest BCUT2D eigenvalue weighted by atomic mass is 35.5. The number of carbonyl (C=O) groups is 1. The Bertz CT molecular complexity index is 1240. The number of anilines is 2. The first-order valence-electron chi connectivity index (χ1n) is 8.87. The van der Waals surface area contributed by atoms with Gasteiger partial charge in [-0.2, -0.15) is 0 Å². The van der Waals surface area contributed by atoms with Crippen LogP contribution < -0.4 is 9.62 Å². The summed E-state index contributed by atoms with van der Waals surface area (Å²) in [6.07, 6.45) is 0. The Labute approximate surface area is 188 Å². The van der Waals surface area contributed by atoms with Gasteiger partial charge in [-0.05, 0) is 49.4 Å². The number of amides is 1. The molecule has 0 heterocycles. The summed E-state index contributed by atoms with van der Waals surface area (Å²) in [5.74, 6) is -2.99. The van der Waals surface area contributed by atoms with Gasteiger partial charge >= 0.3 is 0 Å². The second-order valence-electron chi connectivity index (χ2n) is 6.60. The van der Waals surface area contributed by atoms with E-state index in [4.69, 9.17) is 23.2 Å². The maximum Gasteiger partial charge on any atom is 0.264 e. The van der Waals surface area contributed by atoms with E-state index in [1.165, 1.54) is 30.3 Å². The number of rotatable bonds is 6. The van der Waals surface area contributed by atoms with E-state index >= 15 is 0 Å². The molecule has 0 saturated carbocycles. The van der Waals surface area contributed by atoms with E-state index in [0.717, 1.165) is 28.1 Å². The van der Waals surface area contributed by atoms with Crippen molar-refractivity contribution >= 4 is 50.5 Å². The maximum absolute atomic E-state index is 13.4. The highest BCUT2D eigenvalue weighted by Crippen LogP contribution is 2.30. The molecule has 0 saturated heterocycles. The van der Waals surface area contributed by atoms with Crippen molar-refractivity contribution in [1.29, 1.82) is 0 Å². The number of aryl methyl sites for hydroxylation is 1. The number of hydrogen-bond donors (Lipinski definition) is 1. The first kappa shape index (κ1) is 23.0. The molecule has 5 nitrogen and oxygen atoms in total. The summed E-state index contributed by atoms with van der Waals surface area (Å²) in [6.45, 7) is 1.16. The first-order valence-corrected chi connectivity index (χ1v) is 11.1. The number of hydrogen-bond acceptors (Lipinski definition) is 3. The second-order valence-corrected chi connectivity index (χ2v) is 9.28. The van der Waals surface area contributed by atoms with E-state index in [1.807, 2.05) is 6.92 Å². The molecule has 162 valence electrons. The van der Waals surface area contributed by atoms with Crippen LogP contribution in [0.3, 0.4) is 0 Å². The average Bonchev–Trinajstić information content (AvgIpc) is 2.71. The Balaban J connectivity index is 1.97. The van der Waals surface area contributed by atoms with Crippen molar-refractivity contribution < 1.29 is 22.0 Å². The van der Waals surface area contributed by atoms with E-state index < -0.39 is 34.1 Å². The molecule has 10 heteroatoms. The summed E-state index contributed by atoms with van der Waals surface area (Å²) in [5, 5.41) is 2.67. The Hall–Kier alpha value is -2.68. The normalized spacial score (nSPS) is 11.3. The summed E-state index contributed by atoms with van der Waals surface area (Å²) >= 11 is 12.0. The van der Waals surface area contributed by atoms with Crippen molar-refractivity contribution in [2.75, 3.05) is 16.2 Å². The Morgan fingerprint density at radius 3 is 2.23 bits per heavy atom. The van der Waals surface area contributed by atoms with Gasteiger partial charge in [0.15, 0.2) is 11.6 Å². The summed E-state index contributed by atoms with van der Waals surface area (Å²) < 4.78 is 54.0. The predicted molar refractivity (Wildman–Crippen MR) is 117 cm³/mol. The van der Waals surface area contributed by atoms with E-state index in [0.29, 0.717) is 0 Å². The Morgan fingerprint density at radius 1 is 0.935 bits per heavy atom. The van der Waals surface area contributed by atoms with Crippen molar-refractivity contribution in [2.24, 2.45) is 0 Å². The zero-order chi connectivity index (χ0) is 22.8. The van der Waals surface area contributed by atoms with Crippen LogP contribution in [0.25, 0.3) is 0 Å². The highest BCUT2D eigenvalue weighted by molar-refractivity contribution is 7.92.